The van der Waals surface area contributed by atoms with Crippen molar-refractivity contribution in [2.24, 2.45) is 5.10 Å². The highest BCUT2D eigenvalue weighted by molar-refractivity contribution is 6.35. The van der Waals surface area contributed by atoms with Crippen LogP contribution in [0.2, 0.25) is 10.0 Å². The van der Waals surface area contributed by atoms with E-state index in [2.05, 4.69) is 15.5 Å². The number of rotatable bonds is 4. The fourth-order valence-corrected chi connectivity index (χ4v) is 1.63. The average Bonchev–Trinajstić information content (AvgIpc) is 2.80. The zero-order chi connectivity index (χ0) is 13.0. The number of aliphatic hydroxyl groups is 1. The lowest BCUT2D eigenvalue weighted by molar-refractivity contribution is 0.247. The highest BCUT2D eigenvalue weighted by Crippen LogP contribution is 2.22. The summed E-state index contributed by atoms with van der Waals surface area (Å²) in [5.41, 5.74) is 2.66. The van der Waals surface area contributed by atoms with E-state index in [1.54, 1.807) is 18.2 Å². The Morgan fingerprint density at radius 3 is 2.94 bits per heavy atom. The Morgan fingerprint density at radius 2 is 2.28 bits per heavy atom. The van der Waals surface area contributed by atoms with E-state index in [0.29, 0.717) is 27.4 Å². The Hall–Kier alpha value is -1.56. The molecule has 94 valence electrons. The number of aromatic nitrogens is 1. The normalized spacial score (nSPS) is 11.1. The predicted octanol–water partition coefficient (Wildman–Crippen LogP) is 2.92. The molecule has 0 bridgehead atoms. The molecule has 2 heterocycles. The smallest absolute Gasteiger partial charge is 0.165 e. The monoisotopic (exact) mass is 285 g/mol. The molecule has 0 unspecified atom stereocenters. The summed E-state index contributed by atoms with van der Waals surface area (Å²) >= 11 is 11.6. The number of aliphatic hydroxyl groups excluding tert-OH is 1. The first kappa shape index (κ1) is 12.9. The summed E-state index contributed by atoms with van der Waals surface area (Å²) in [4.78, 5) is 3.97. The maximum atomic E-state index is 8.82. The van der Waals surface area contributed by atoms with Crippen LogP contribution in [0.4, 0.5) is 5.82 Å². The first-order valence-electron chi connectivity index (χ1n) is 4.98. The number of anilines is 1. The van der Waals surface area contributed by atoms with Gasteiger partial charge in [-0.1, -0.05) is 23.2 Å². The molecule has 18 heavy (non-hydrogen) atoms. The van der Waals surface area contributed by atoms with Gasteiger partial charge in [0.25, 0.3) is 0 Å². The lowest BCUT2D eigenvalue weighted by Gasteiger charge is -2.01. The van der Waals surface area contributed by atoms with Crippen LogP contribution in [0.25, 0.3) is 0 Å². The minimum Gasteiger partial charge on any atom is -0.458 e. The predicted molar refractivity (Wildman–Crippen MR) is 70.1 cm³/mol. The van der Waals surface area contributed by atoms with Crippen LogP contribution in [0.5, 0.6) is 0 Å². The van der Waals surface area contributed by atoms with Gasteiger partial charge >= 0.3 is 0 Å². The molecule has 0 saturated carbocycles. The van der Waals surface area contributed by atoms with Crippen LogP contribution in [-0.4, -0.2) is 16.3 Å². The summed E-state index contributed by atoms with van der Waals surface area (Å²) in [5, 5.41) is 13.6. The molecule has 0 spiro atoms. The van der Waals surface area contributed by atoms with Crippen LogP contribution < -0.4 is 5.43 Å². The average molecular weight is 286 g/mol. The zero-order valence-electron chi connectivity index (χ0n) is 9.10. The Balaban J connectivity index is 2.02. The van der Waals surface area contributed by atoms with Gasteiger partial charge in [0, 0.05) is 6.20 Å². The van der Waals surface area contributed by atoms with Crippen LogP contribution in [-0.2, 0) is 6.61 Å². The molecule has 2 rings (SSSR count). The van der Waals surface area contributed by atoms with Gasteiger partial charge in [0.2, 0.25) is 0 Å². The number of hydrogen-bond acceptors (Lipinski definition) is 5. The van der Waals surface area contributed by atoms with Gasteiger partial charge in [-0.2, -0.15) is 5.10 Å². The SMILES string of the molecule is OCc1ccc(/C=N\Nc2ncc(Cl)cc2Cl)o1. The summed E-state index contributed by atoms with van der Waals surface area (Å²) in [7, 11) is 0. The number of hydrazone groups is 1. The largest absolute Gasteiger partial charge is 0.458 e. The molecule has 0 aliphatic carbocycles. The van der Waals surface area contributed by atoms with Crippen molar-refractivity contribution in [3.8, 4) is 0 Å². The molecular formula is C11H9Cl2N3O2. The van der Waals surface area contributed by atoms with Crippen molar-refractivity contribution < 1.29 is 9.52 Å². The van der Waals surface area contributed by atoms with E-state index in [1.807, 2.05) is 0 Å². The van der Waals surface area contributed by atoms with Gasteiger partial charge in [-0.05, 0) is 18.2 Å². The number of nitrogens with zero attached hydrogens (tertiary/aromatic N) is 2. The molecule has 0 fully saturated rings. The second-order valence-corrected chi connectivity index (χ2v) is 4.16. The molecule has 2 aromatic heterocycles. The second kappa shape index (κ2) is 5.86. The van der Waals surface area contributed by atoms with Crippen LogP contribution in [0.3, 0.4) is 0 Å². The first-order chi connectivity index (χ1) is 8.69. The molecule has 5 nitrogen and oxygen atoms in total. The van der Waals surface area contributed by atoms with E-state index in [9.17, 15) is 0 Å². The van der Waals surface area contributed by atoms with Crippen molar-refractivity contribution in [1.29, 1.82) is 0 Å². The summed E-state index contributed by atoms with van der Waals surface area (Å²) in [6.07, 6.45) is 2.91. The molecule has 0 radical (unpaired) electrons. The molecule has 0 aliphatic heterocycles. The quantitative estimate of drug-likeness (QED) is 0.669. The molecule has 7 heteroatoms. The summed E-state index contributed by atoms with van der Waals surface area (Å²) in [5.74, 6) is 1.38. The van der Waals surface area contributed by atoms with E-state index in [1.165, 1.54) is 12.4 Å². The molecule has 0 saturated heterocycles. The second-order valence-electron chi connectivity index (χ2n) is 3.32. The number of hydrogen-bond donors (Lipinski definition) is 2. The van der Waals surface area contributed by atoms with Gasteiger partial charge < -0.3 is 9.52 Å². The Bertz CT molecular complexity index is 569. The van der Waals surface area contributed by atoms with E-state index in [4.69, 9.17) is 32.7 Å². The van der Waals surface area contributed by atoms with E-state index in [0.717, 1.165) is 0 Å². The Labute approximate surface area is 113 Å². The minimum atomic E-state index is -0.147. The fraction of sp³-hybridized carbons (Fsp3) is 0.0909. The lowest BCUT2D eigenvalue weighted by Crippen LogP contribution is -1.93. The van der Waals surface area contributed by atoms with Crippen molar-refractivity contribution in [3.63, 3.8) is 0 Å². The van der Waals surface area contributed by atoms with Gasteiger partial charge in [-0.25, -0.2) is 4.98 Å². The van der Waals surface area contributed by atoms with E-state index < -0.39 is 0 Å². The molecular weight excluding hydrogens is 277 g/mol. The van der Waals surface area contributed by atoms with Crippen LogP contribution in [0, 0.1) is 0 Å². The van der Waals surface area contributed by atoms with Crippen LogP contribution in [0.1, 0.15) is 11.5 Å². The minimum absolute atomic E-state index is 0.147. The van der Waals surface area contributed by atoms with Gasteiger partial charge in [0.05, 0.1) is 16.3 Å². The summed E-state index contributed by atoms with van der Waals surface area (Å²) in [6.45, 7) is -0.147. The zero-order valence-corrected chi connectivity index (χ0v) is 10.6. The lowest BCUT2D eigenvalue weighted by atomic mass is 10.4. The number of furan rings is 1. The number of halogens is 2. The number of nitrogens with one attached hydrogen (secondary N) is 1. The van der Waals surface area contributed by atoms with Gasteiger partial charge in [-0.15, -0.1) is 0 Å². The standard InChI is InChI=1S/C11H9Cl2N3O2/c12-7-3-10(13)11(14-4-7)16-15-5-8-1-2-9(6-17)18-8/h1-5,17H,6H2,(H,14,16)/b15-5-. The molecule has 0 aromatic carbocycles. The maximum absolute atomic E-state index is 8.82. The van der Waals surface area contributed by atoms with Gasteiger partial charge in [0.15, 0.2) is 5.82 Å². The fourth-order valence-electron chi connectivity index (χ4n) is 1.20. The molecule has 0 aliphatic rings. The molecule has 0 amide bonds. The molecule has 2 aromatic rings. The highest BCUT2D eigenvalue weighted by Gasteiger charge is 2.01. The third-order valence-electron chi connectivity index (χ3n) is 2.01. The molecule has 2 N–H and O–H groups in total. The Morgan fingerprint density at radius 1 is 1.44 bits per heavy atom. The van der Waals surface area contributed by atoms with Crippen molar-refractivity contribution in [3.05, 3.63) is 46.0 Å². The third-order valence-corrected chi connectivity index (χ3v) is 2.50. The van der Waals surface area contributed by atoms with Crippen molar-refractivity contribution in [1.82, 2.24) is 4.98 Å². The molecule has 0 atom stereocenters. The van der Waals surface area contributed by atoms with Crippen molar-refractivity contribution >= 4 is 35.2 Å². The van der Waals surface area contributed by atoms with Crippen molar-refractivity contribution in [2.45, 2.75) is 6.61 Å². The third kappa shape index (κ3) is 3.22. The first-order valence-corrected chi connectivity index (χ1v) is 5.74. The van der Waals surface area contributed by atoms with Gasteiger partial charge in [0.1, 0.15) is 18.1 Å². The van der Waals surface area contributed by atoms with E-state index in [-0.39, 0.29) is 6.61 Å². The van der Waals surface area contributed by atoms with Crippen LogP contribution >= 0.6 is 23.2 Å². The Kier molecular flexibility index (Phi) is 4.19. The van der Waals surface area contributed by atoms with E-state index >= 15 is 0 Å². The topological polar surface area (TPSA) is 70.7 Å². The highest BCUT2D eigenvalue weighted by atomic mass is 35.5. The number of pyridine rings is 1. The van der Waals surface area contributed by atoms with Gasteiger partial charge in [-0.3, -0.25) is 5.43 Å². The summed E-state index contributed by atoms with van der Waals surface area (Å²) < 4.78 is 5.21. The van der Waals surface area contributed by atoms with Crippen molar-refractivity contribution in [2.75, 3.05) is 5.43 Å². The van der Waals surface area contributed by atoms with Crippen LogP contribution in [0.15, 0.2) is 33.9 Å². The maximum Gasteiger partial charge on any atom is 0.165 e. The summed E-state index contributed by atoms with van der Waals surface area (Å²) in [6, 6.07) is 4.91.